The fraction of sp³-hybridized carbons (Fsp3) is 0.211. The van der Waals surface area contributed by atoms with Crippen molar-refractivity contribution in [2.75, 3.05) is 6.61 Å². The number of alkyl halides is 3. The van der Waals surface area contributed by atoms with Crippen LogP contribution in [0.5, 0.6) is 11.5 Å². The lowest BCUT2D eigenvalue weighted by Crippen LogP contribution is -2.39. The van der Waals surface area contributed by atoms with Gasteiger partial charge in [-0.15, -0.1) is 0 Å². The third-order valence-electron chi connectivity index (χ3n) is 4.65. The predicted octanol–water partition coefficient (Wildman–Crippen LogP) is 2.99. The van der Waals surface area contributed by atoms with Gasteiger partial charge in [-0.1, -0.05) is 18.2 Å². The van der Waals surface area contributed by atoms with Crippen molar-refractivity contribution >= 4 is 39.2 Å². The maximum atomic E-state index is 13.6. The van der Waals surface area contributed by atoms with E-state index in [0.717, 1.165) is 0 Å². The van der Waals surface area contributed by atoms with Crippen LogP contribution in [0, 0.1) is 0 Å². The average molecular weight is 488 g/mol. The van der Waals surface area contributed by atoms with Crippen LogP contribution in [0.3, 0.4) is 0 Å². The van der Waals surface area contributed by atoms with E-state index in [-0.39, 0.29) is 28.2 Å². The van der Waals surface area contributed by atoms with Crippen molar-refractivity contribution in [2.24, 2.45) is 0 Å². The SMILES string of the molecule is O=C(Oc1c2c3oc1c(C(=O)OCCC(F)C(F)(F)S(=O)(=O)O)c3C(=O)O2)c1ccccc1. The first kappa shape index (κ1) is 22.5. The molecule has 0 radical (unpaired) electrons. The van der Waals surface area contributed by atoms with Gasteiger partial charge in [0.25, 0.3) is 0 Å². The molecule has 3 heterocycles. The smallest absolute Gasteiger partial charge is 0.400 e. The van der Waals surface area contributed by atoms with Gasteiger partial charge >= 0.3 is 33.3 Å². The lowest BCUT2D eigenvalue weighted by molar-refractivity contribution is -0.0163. The van der Waals surface area contributed by atoms with E-state index in [1.165, 1.54) is 12.1 Å². The fourth-order valence-corrected chi connectivity index (χ4v) is 3.50. The summed E-state index contributed by atoms with van der Waals surface area (Å²) >= 11 is 0. The Kier molecular flexibility index (Phi) is 5.29. The van der Waals surface area contributed by atoms with E-state index < -0.39 is 63.6 Å². The topological polar surface area (TPSA) is 146 Å². The first-order valence-electron chi connectivity index (χ1n) is 9.00. The van der Waals surface area contributed by atoms with E-state index in [0.29, 0.717) is 0 Å². The van der Waals surface area contributed by atoms with Crippen LogP contribution in [0.25, 0.3) is 11.2 Å². The number of furan rings is 2. The van der Waals surface area contributed by atoms with Crippen LogP contribution in [0.15, 0.2) is 34.7 Å². The van der Waals surface area contributed by atoms with Gasteiger partial charge in [-0.25, -0.2) is 18.8 Å². The third-order valence-corrected chi connectivity index (χ3v) is 5.59. The molecule has 1 aliphatic rings. The Morgan fingerprint density at radius 3 is 2.42 bits per heavy atom. The highest BCUT2D eigenvalue weighted by Gasteiger charge is 2.52. The molecule has 1 aliphatic heterocycles. The maximum absolute atomic E-state index is 13.6. The molecule has 1 atom stereocenters. The van der Waals surface area contributed by atoms with Crippen LogP contribution in [-0.2, 0) is 14.9 Å². The molecule has 10 nitrogen and oxygen atoms in total. The molecule has 2 bridgehead atoms. The monoisotopic (exact) mass is 488 g/mol. The Morgan fingerprint density at radius 2 is 1.79 bits per heavy atom. The standard InChI is InChI=1S/C19H11F3O10S/c20-9(19(21,22)33(26,27)28)6-7-29-17(24)10-11-13-15(32-18(11)25)14(12(10)30-13)31-16(23)8-4-2-1-3-5-8/h1-5,9H,6-7H2,(H,26,27,28). The number of halogens is 3. The lowest BCUT2D eigenvalue weighted by atomic mass is 10.1. The summed E-state index contributed by atoms with van der Waals surface area (Å²) in [5.41, 5.74) is -1.37. The first-order chi connectivity index (χ1) is 15.4. The van der Waals surface area contributed by atoms with Crippen LogP contribution in [0.4, 0.5) is 13.2 Å². The van der Waals surface area contributed by atoms with Crippen LogP contribution in [0.2, 0.25) is 0 Å². The summed E-state index contributed by atoms with van der Waals surface area (Å²) < 4.78 is 89.7. The Morgan fingerprint density at radius 1 is 1.12 bits per heavy atom. The quantitative estimate of drug-likeness (QED) is 0.285. The van der Waals surface area contributed by atoms with E-state index in [9.17, 15) is 36.0 Å². The van der Waals surface area contributed by atoms with E-state index in [2.05, 4.69) is 4.74 Å². The van der Waals surface area contributed by atoms with Gasteiger partial charge in [0.05, 0.1) is 12.2 Å². The summed E-state index contributed by atoms with van der Waals surface area (Å²) in [5, 5.41) is -5.12. The van der Waals surface area contributed by atoms with Crippen molar-refractivity contribution in [1.29, 1.82) is 0 Å². The van der Waals surface area contributed by atoms with Crippen LogP contribution < -0.4 is 9.47 Å². The third kappa shape index (κ3) is 3.66. The minimum absolute atomic E-state index is 0.130. The number of rotatable bonds is 8. The van der Waals surface area contributed by atoms with Crippen LogP contribution in [-0.4, -0.2) is 48.9 Å². The number of fused-ring (bicyclic) bond motifs is 1. The maximum Gasteiger partial charge on any atom is 0.400 e. The van der Waals surface area contributed by atoms with Gasteiger partial charge in [-0.2, -0.15) is 17.2 Å². The Balaban J connectivity index is 1.53. The van der Waals surface area contributed by atoms with Gasteiger partial charge in [-0.3, -0.25) is 4.55 Å². The van der Waals surface area contributed by atoms with Gasteiger partial charge in [0.2, 0.25) is 11.5 Å². The fourth-order valence-electron chi connectivity index (χ4n) is 3.06. The van der Waals surface area contributed by atoms with Crippen molar-refractivity contribution in [3.05, 3.63) is 47.0 Å². The molecule has 1 N–H and O–H groups in total. The van der Waals surface area contributed by atoms with Gasteiger partial charge in [0, 0.05) is 6.42 Å². The first-order valence-corrected chi connectivity index (χ1v) is 10.4. The highest BCUT2D eigenvalue weighted by molar-refractivity contribution is 7.86. The molecule has 14 heteroatoms. The number of hydrogen-bond donors (Lipinski definition) is 1. The highest BCUT2D eigenvalue weighted by Crippen LogP contribution is 2.52. The normalized spacial score (nSPS) is 14.4. The molecule has 1 unspecified atom stereocenters. The zero-order chi connectivity index (χ0) is 24.1. The van der Waals surface area contributed by atoms with Crippen LogP contribution in [0.1, 0.15) is 37.5 Å². The van der Waals surface area contributed by atoms with E-state index in [1.54, 1.807) is 18.2 Å². The van der Waals surface area contributed by atoms with Crippen LogP contribution >= 0.6 is 0 Å². The molecule has 4 rings (SSSR count). The van der Waals surface area contributed by atoms with E-state index in [1.807, 2.05) is 0 Å². The zero-order valence-corrected chi connectivity index (χ0v) is 16.9. The van der Waals surface area contributed by atoms with Gasteiger partial charge < -0.3 is 18.6 Å². The number of ether oxygens (including phenoxy) is 3. The van der Waals surface area contributed by atoms with Gasteiger partial charge in [0.15, 0.2) is 17.3 Å². The second-order valence-corrected chi connectivity index (χ2v) is 8.24. The Labute approximate surface area is 181 Å². The summed E-state index contributed by atoms with van der Waals surface area (Å²) in [4.78, 5) is 36.9. The van der Waals surface area contributed by atoms with Crippen molar-refractivity contribution in [2.45, 2.75) is 17.8 Å². The van der Waals surface area contributed by atoms with Gasteiger partial charge in [0.1, 0.15) is 11.1 Å². The van der Waals surface area contributed by atoms with E-state index >= 15 is 0 Å². The molecular formula is C19H11F3O10S. The highest BCUT2D eigenvalue weighted by atomic mass is 32.2. The van der Waals surface area contributed by atoms with Crippen molar-refractivity contribution < 1.29 is 59.2 Å². The molecule has 0 saturated heterocycles. The largest absolute Gasteiger partial charge is 0.462 e. The lowest BCUT2D eigenvalue weighted by Gasteiger charge is -2.17. The molecule has 0 fully saturated rings. The summed E-state index contributed by atoms with van der Waals surface area (Å²) in [7, 11) is -6.03. The molecule has 3 aromatic rings. The molecule has 0 aliphatic carbocycles. The Bertz CT molecular complexity index is 1360. The molecule has 2 aromatic heterocycles. The number of esters is 3. The molecule has 33 heavy (non-hydrogen) atoms. The number of hydrogen-bond acceptors (Lipinski definition) is 9. The molecule has 1 aromatic carbocycles. The van der Waals surface area contributed by atoms with Crippen molar-refractivity contribution in [3.63, 3.8) is 0 Å². The minimum atomic E-state index is -6.03. The molecule has 0 saturated carbocycles. The summed E-state index contributed by atoms with van der Waals surface area (Å²) in [6, 6.07) is 7.65. The molecular weight excluding hydrogens is 477 g/mol. The number of carbonyl (C=O) groups is 3. The molecule has 174 valence electrons. The van der Waals surface area contributed by atoms with Crippen molar-refractivity contribution in [1.82, 2.24) is 0 Å². The predicted molar refractivity (Wildman–Crippen MR) is 100 cm³/mol. The van der Waals surface area contributed by atoms with Crippen molar-refractivity contribution in [3.8, 4) is 11.5 Å². The van der Waals surface area contributed by atoms with E-state index in [4.69, 9.17) is 18.4 Å². The average Bonchev–Trinajstić information content (AvgIpc) is 3.37. The summed E-state index contributed by atoms with van der Waals surface area (Å²) in [6.07, 6.45) is -4.68. The minimum Gasteiger partial charge on any atom is -0.462 e. The number of carbonyl (C=O) groups excluding carboxylic acids is 3. The second kappa shape index (κ2) is 7.74. The van der Waals surface area contributed by atoms with Gasteiger partial charge in [-0.05, 0) is 12.1 Å². The summed E-state index contributed by atoms with van der Waals surface area (Å²) in [5.74, 6) is -3.85. The molecule has 0 amide bonds. The second-order valence-electron chi connectivity index (χ2n) is 6.74. The summed E-state index contributed by atoms with van der Waals surface area (Å²) in [6.45, 7) is -1.05. The Hall–Kier alpha value is -3.65. The molecule has 0 spiro atoms. The number of benzene rings is 2. The zero-order valence-electron chi connectivity index (χ0n) is 16.0.